The van der Waals surface area contributed by atoms with Crippen LogP contribution < -0.4 is 20.9 Å². The number of piperazine rings is 1. The van der Waals surface area contributed by atoms with Gasteiger partial charge in [0, 0.05) is 58.0 Å². The van der Waals surface area contributed by atoms with Crippen LogP contribution in [0.1, 0.15) is 10.4 Å². The Bertz CT molecular complexity index is 625. The van der Waals surface area contributed by atoms with Gasteiger partial charge >= 0.3 is 6.03 Å². The topological polar surface area (TPSA) is 76.7 Å². The zero-order valence-electron chi connectivity index (χ0n) is 13.9. The lowest BCUT2D eigenvalue weighted by Gasteiger charge is -2.27. The van der Waals surface area contributed by atoms with E-state index in [1.165, 1.54) is 23.1 Å². The minimum absolute atomic E-state index is 0. The highest BCUT2D eigenvalue weighted by atomic mass is 35.5. The molecule has 3 amide bonds. The number of hydrogen-bond acceptors (Lipinski definition) is 4. The zero-order chi connectivity index (χ0) is 16.9. The molecule has 3 N–H and O–H groups in total. The molecule has 2 saturated heterocycles. The fourth-order valence-corrected chi connectivity index (χ4v) is 2.93. The summed E-state index contributed by atoms with van der Waals surface area (Å²) in [6.45, 7) is 6.05. The Labute approximate surface area is 152 Å². The number of carbonyl (C=O) groups is 2. The largest absolute Gasteiger partial charge is 0.351 e. The molecule has 7 nitrogen and oxygen atoms in total. The number of hydrogen-bond donors (Lipinski definition) is 3. The quantitative estimate of drug-likeness (QED) is 0.701. The summed E-state index contributed by atoms with van der Waals surface area (Å²) in [6, 6.07) is 3.94. The number of carbonyl (C=O) groups excluding carboxylic acids is 2. The maximum Gasteiger partial charge on any atom is 0.321 e. The monoisotopic (exact) mass is 371 g/mol. The molecule has 0 aromatic heterocycles. The van der Waals surface area contributed by atoms with Gasteiger partial charge < -0.3 is 16.0 Å². The summed E-state index contributed by atoms with van der Waals surface area (Å²) >= 11 is 0. The van der Waals surface area contributed by atoms with E-state index in [-0.39, 0.29) is 24.0 Å². The van der Waals surface area contributed by atoms with Crippen molar-refractivity contribution in [1.82, 2.24) is 20.9 Å². The van der Waals surface area contributed by atoms with Crippen LogP contribution in [0, 0.1) is 5.82 Å². The van der Waals surface area contributed by atoms with Crippen molar-refractivity contribution in [2.45, 2.75) is 0 Å². The van der Waals surface area contributed by atoms with E-state index in [0.29, 0.717) is 25.3 Å². The van der Waals surface area contributed by atoms with Gasteiger partial charge in [-0.1, -0.05) is 0 Å². The number of nitrogens with one attached hydrogen (secondary N) is 3. The molecule has 138 valence electrons. The van der Waals surface area contributed by atoms with Gasteiger partial charge in [0.15, 0.2) is 0 Å². The Kier molecular flexibility index (Phi) is 6.98. The van der Waals surface area contributed by atoms with Crippen LogP contribution >= 0.6 is 12.4 Å². The average molecular weight is 372 g/mol. The fraction of sp³-hybridized carbons (Fsp3) is 0.500. The van der Waals surface area contributed by atoms with Crippen LogP contribution in [-0.2, 0) is 0 Å². The predicted molar refractivity (Wildman–Crippen MR) is 96.0 cm³/mol. The summed E-state index contributed by atoms with van der Waals surface area (Å²) in [5, 5.41) is 8.71. The van der Waals surface area contributed by atoms with Gasteiger partial charge in [0.2, 0.25) is 0 Å². The molecule has 2 aliphatic heterocycles. The molecule has 2 fully saturated rings. The SMILES string of the molecule is Cl.O=C(NCCN1CCNCC1)c1cc(N2CCNC2=O)ccc1F. The van der Waals surface area contributed by atoms with Crippen LogP contribution in [0.3, 0.4) is 0 Å². The fourth-order valence-electron chi connectivity index (χ4n) is 2.93. The molecule has 2 heterocycles. The summed E-state index contributed by atoms with van der Waals surface area (Å²) in [5.74, 6) is -1.04. The summed E-state index contributed by atoms with van der Waals surface area (Å²) in [5.41, 5.74) is 0.492. The van der Waals surface area contributed by atoms with E-state index in [4.69, 9.17) is 0 Å². The van der Waals surface area contributed by atoms with Crippen LogP contribution in [0.25, 0.3) is 0 Å². The van der Waals surface area contributed by atoms with E-state index in [1.54, 1.807) is 0 Å². The first kappa shape index (κ1) is 19.4. The normalized spacial score (nSPS) is 17.8. The number of urea groups is 1. The standard InChI is InChI=1S/C16H22FN5O2.ClH/c17-14-2-1-12(22-10-6-20-16(22)24)11-13(14)15(23)19-5-9-21-7-3-18-4-8-21;/h1-2,11,18H,3-10H2,(H,19,23)(H,20,24);1H. The molecule has 0 saturated carbocycles. The van der Waals surface area contributed by atoms with Crippen molar-refractivity contribution >= 4 is 30.0 Å². The smallest absolute Gasteiger partial charge is 0.321 e. The van der Waals surface area contributed by atoms with Gasteiger partial charge in [0.1, 0.15) is 5.82 Å². The summed E-state index contributed by atoms with van der Waals surface area (Å²) < 4.78 is 14.0. The molecule has 0 spiro atoms. The lowest BCUT2D eigenvalue weighted by atomic mass is 10.1. The lowest BCUT2D eigenvalue weighted by molar-refractivity contribution is 0.0943. The number of amides is 3. The highest BCUT2D eigenvalue weighted by Gasteiger charge is 2.23. The van der Waals surface area contributed by atoms with E-state index in [1.807, 2.05) is 0 Å². The van der Waals surface area contributed by atoms with Crippen molar-refractivity contribution in [3.05, 3.63) is 29.6 Å². The van der Waals surface area contributed by atoms with Gasteiger partial charge in [-0.25, -0.2) is 9.18 Å². The lowest BCUT2D eigenvalue weighted by Crippen LogP contribution is -2.46. The molecule has 0 radical (unpaired) electrons. The second-order valence-electron chi connectivity index (χ2n) is 5.90. The predicted octanol–water partition coefficient (Wildman–Crippen LogP) is 0.412. The Morgan fingerprint density at radius 1 is 1.20 bits per heavy atom. The van der Waals surface area contributed by atoms with Crippen molar-refractivity contribution in [3.63, 3.8) is 0 Å². The van der Waals surface area contributed by atoms with Crippen LogP contribution in [0.4, 0.5) is 14.9 Å². The van der Waals surface area contributed by atoms with Crippen LogP contribution in [-0.4, -0.2) is 69.2 Å². The molecule has 0 aliphatic carbocycles. The second-order valence-corrected chi connectivity index (χ2v) is 5.90. The molecule has 25 heavy (non-hydrogen) atoms. The van der Waals surface area contributed by atoms with Crippen molar-refractivity contribution in [2.24, 2.45) is 0 Å². The summed E-state index contributed by atoms with van der Waals surface area (Å²) in [7, 11) is 0. The van der Waals surface area contributed by atoms with Gasteiger partial charge in [-0.2, -0.15) is 0 Å². The molecule has 9 heteroatoms. The first-order valence-corrected chi connectivity index (χ1v) is 8.21. The van der Waals surface area contributed by atoms with Gasteiger partial charge in [0.05, 0.1) is 5.56 Å². The van der Waals surface area contributed by atoms with E-state index in [0.717, 1.165) is 32.7 Å². The molecular formula is C16H23ClFN5O2. The average Bonchev–Trinajstić information content (AvgIpc) is 3.02. The molecule has 1 aromatic rings. The van der Waals surface area contributed by atoms with Crippen LogP contribution in [0.5, 0.6) is 0 Å². The molecule has 0 unspecified atom stereocenters. The van der Waals surface area contributed by atoms with E-state index in [2.05, 4.69) is 20.9 Å². The number of rotatable bonds is 5. The minimum Gasteiger partial charge on any atom is -0.351 e. The maximum atomic E-state index is 14.0. The van der Waals surface area contributed by atoms with Gasteiger partial charge in [-0.05, 0) is 18.2 Å². The first-order chi connectivity index (χ1) is 11.6. The summed E-state index contributed by atoms with van der Waals surface area (Å²) in [6.07, 6.45) is 0. The van der Waals surface area contributed by atoms with Crippen molar-refractivity contribution in [3.8, 4) is 0 Å². The van der Waals surface area contributed by atoms with Gasteiger partial charge in [-0.15, -0.1) is 12.4 Å². The number of halogens is 2. The van der Waals surface area contributed by atoms with Gasteiger partial charge in [-0.3, -0.25) is 14.6 Å². The molecule has 0 bridgehead atoms. The second kappa shape index (κ2) is 8.98. The zero-order valence-corrected chi connectivity index (χ0v) is 14.7. The molecular weight excluding hydrogens is 349 g/mol. The third-order valence-corrected chi connectivity index (χ3v) is 4.29. The maximum absolute atomic E-state index is 14.0. The molecule has 3 rings (SSSR count). The minimum atomic E-state index is -0.585. The third-order valence-electron chi connectivity index (χ3n) is 4.29. The van der Waals surface area contributed by atoms with E-state index >= 15 is 0 Å². The number of anilines is 1. The molecule has 2 aliphatic rings. The van der Waals surface area contributed by atoms with Crippen molar-refractivity contribution < 1.29 is 14.0 Å². The van der Waals surface area contributed by atoms with E-state index < -0.39 is 11.7 Å². The molecule has 0 atom stereocenters. The Morgan fingerprint density at radius 3 is 2.64 bits per heavy atom. The highest BCUT2D eigenvalue weighted by molar-refractivity contribution is 5.98. The van der Waals surface area contributed by atoms with Crippen molar-refractivity contribution in [1.29, 1.82) is 0 Å². The molecule has 1 aromatic carbocycles. The number of benzene rings is 1. The van der Waals surface area contributed by atoms with Crippen LogP contribution in [0.2, 0.25) is 0 Å². The summed E-state index contributed by atoms with van der Waals surface area (Å²) in [4.78, 5) is 27.7. The highest BCUT2D eigenvalue weighted by Crippen LogP contribution is 2.20. The Balaban J connectivity index is 0.00000225. The number of nitrogens with zero attached hydrogens (tertiary/aromatic N) is 2. The Morgan fingerprint density at radius 2 is 1.96 bits per heavy atom. The Hall–Kier alpha value is -1.90. The third kappa shape index (κ3) is 4.81. The van der Waals surface area contributed by atoms with Gasteiger partial charge in [0.25, 0.3) is 5.91 Å². The van der Waals surface area contributed by atoms with Crippen molar-refractivity contribution in [2.75, 3.05) is 57.3 Å². The van der Waals surface area contributed by atoms with E-state index in [9.17, 15) is 14.0 Å². The first-order valence-electron chi connectivity index (χ1n) is 8.21. The van der Waals surface area contributed by atoms with Crippen LogP contribution in [0.15, 0.2) is 18.2 Å².